The molecule has 5 aromatic rings. The van der Waals surface area contributed by atoms with E-state index in [9.17, 15) is 9.59 Å². The first kappa shape index (κ1) is 24.5. The molecule has 6 rings (SSSR count). The van der Waals surface area contributed by atoms with Gasteiger partial charge in [0.1, 0.15) is 4.83 Å². The predicted molar refractivity (Wildman–Crippen MR) is 150 cm³/mol. The quantitative estimate of drug-likeness (QED) is 0.179. The van der Waals surface area contributed by atoms with E-state index < -0.39 is 0 Å². The lowest BCUT2D eigenvalue weighted by Gasteiger charge is -2.26. The van der Waals surface area contributed by atoms with Gasteiger partial charge in [-0.15, -0.1) is 21.5 Å². The van der Waals surface area contributed by atoms with Crippen molar-refractivity contribution in [3.05, 3.63) is 85.4 Å². The van der Waals surface area contributed by atoms with Gasteiger partial charge in [-0.05, 0) is 35.7 Å². The molecule has 10 heteroatoms. The van der Waals surface area contributed by atoms with Crippen LogP contribution in [0.3, 0.4) is 0 Å². The number of halogens is 1. The fraction of sp³-hybridized carbons (Fsp3) is 0.259. The summed E-state index contributed by atoms with van der Waals surface area (Å²) in [4.78, 5) is 28.8. The minimum Gasteiger partial charge on any atom is -0.372 e. The standard InChI is InChI=1S/C27H23BrN4O3S2/c1-15(2)21-12-19-22(13-35-21)37-25-23(19)24(34)31(18-6-4-3-5-7-18)26-29-30-27(32(25)26)36-14-20(33)16-8-10-17(28)11-9-16/h3-11,15,21H,12-14H2,1-2H3/t21-/m1/s1. The summed E-state index contributed by atoms with van der Waals surface area (Å²) in [6.07, 6.45) is 0.749. The third kappa shape index (κ3) is 4.35. The number of ketones is 1. The summed E-state index contributed by atoms with van der Waals surface area (Å²) in [6, 6.07) is 16.8. The van der Waals surface area contributed by atoms with Gasteiger partial charge in [0.25, 0.3) is 5.56 Å². The van der Waals surface area contributed by atoms with Crippen molar-refractivity contribution in [1.82, 2.24) is 19.2 Å². The van der Waals surface area contributed by atoms with Gasteiger partial charge in [0, 0.05) is 21.3 Å². The number of thiophene rings is 1. The number of aromatic nitrogens is 4. The molecule has 37 heavy (non-hydrogen) atoms. The molecule has 2 aromatic carbocycles. The maximum Gasteiger partial charge on any atom is 0.268 e. The summed E-state index contributed by atoms with van der Waals surface area (Å²) in [6.45, 7) is 4.76. The van der Waals surface area contributed by atoms with Gasteiger partial charge in [-0.1, -0.05) is 71.9 Å². The third-order valence-electron chi connectivity index (χ3n) is 6.60. The molecule has 3 aromatic heterocycles. The van der Waals surface area contributed by atoms with Crippen LogP contribution in [-0.2, 0) is 17.8 Å². The zero-order valence-electron chi connectivity index (χ0n) is 20.2. The van der Waals surface area contributed by atoms with Gasteiger partial charge >= 0.3 is 0 Å². The highest BCUT2D eigenvalue weighted by Crippen LogP contribution is 2.37. The summed E-state index contributed by atoms with van der Waals surface area (Å²) < 4.78 is 10.6. The first-order chi connectivity index (χ1) is 17.9. The van der Waals surface area contributed by atoms with Crippen molar-refractivity contribution in [3.8, 4) is 5.69 Å². The summed E-state index contributed by atoms with van der Waals surface area (Å²) in [5, 5.41) is 10.1. The summed E-state index contributed by atoms with van der Waals surface area (Å²) in [5.74, 6) is 0.981. The Hall–Kier alpha value is -2.79. The number of Topliss-reactive ketones (excluding diaryl/α,β-unsaturated/α-hetero) is 1. The van der Waals surface area contributed by atoms with E-state index in [1.54, 1.807) is 28.0 Å². The molecule has 0 radical (unpaired) electrons. The van der Waals surface area contributed by atoms with Crippen LogP contribution in [0.1, 0.15) is 34.6 Å². The smallest absolute Gasteiger partial charge is 0.268 e. The number of nitrogens with zero attached hydrogens (tertiary/aromatic N) is 4. The van der Waals surface area contributed by atoms with E-state index in [4.69, 9.17) is 4.74 Å². The van der Waals surface area contributed by atoms with Crippen LogP contribution in [0.4, 0.5) is 0 Å². The van der Waals surface area contributed by atoms with Crippen LogP contribution in [0, 0.1) is 5.92 Å². The Morgan fingerprint density at radius 1 is 1.16 bits per heavy atom. The first-order valence-corrected chi connectivity index (χ1v) is 14.5. The van der Waals surface area contributed by atoms with Gasteiger partial charge < -0.3 is 4.74 Å². The van der Waals surface area contributed by atoms with Crippen molar-refractivity contribution in [1.29, 1.82) is 0 Å². The van der Waals surface area contributed by atoms with Gasteiger partial charge in [-0.2, -0.15) is 0 Å². The topological polar surface area (TPSA) is 78.5 Å². The number of rotatable bonds is 6. The third-order valence-corrected chi connectivity index (χ3v) is 9.25. The van der Waals surface area contributed by atoms with E-state index in [-0.39, 0.29) is 23.2 Å². The molecule has 1 atom stereocenters. The Balaban J connectivity index is 1.51. The number of carbonyl (C=O) groups is 1. The molecule has 7 nitrogen and oxygen atoms in total. The summed E-state index contributed by atoms with van der Waals surface area (Å²) >= 11 is 6.29. The van der Waals surface area contributed by atoms with Crippen LogP contribution < -0.4 is 5.56 Å². The SMILES string of the molecule is CC(C)[C@H]1Cc2c(sc3c2c(=O)n(-c2ccccc2)c2nnc(SCC(=O)c4ccc(Br)cc4)n32)CO1. The lowest BCUT2D eigenvalue weighted by Crippen LogP contribution is -2.28. The van der Waals surface area contributed by atoms with E-state index in [2.05, 4.69) is 40.0 Å². The van der Waals surface area contributed by atoms with E-state index in [1.807, 2.05) is 46.9 Å². The van der Waals surface area contributed by atoms with Gasteiger partial charge in [-0.25, -0.2) is 8.97 Å². The van der Waals surface area contributed by atoms with Crippen molar-refractivity contribution in [2.24, 2.45) is 5.92 Å². The van der Waals surface area contributed by atoms with Gasteiger partial charge in [0.05, 0.1) is 29.5 Å². The Kier molecular flexibility index (Phi) is 6.52. The second-order valence-corrected chi connectivity index (χ2v) is 12.2. The lowest BCUT2D eigenvalue weighted by molar-refractivity contribution is 0.00200. The fourth-order valence-corrected chi connectivity index (χ4v) is 7.01. The highest BCUT2D eigenvalue weighted by molar-refractivity contribution is 9.10. The number of para-hydroxylation sites is 1. The minimum atomic E-state index is -0.106. The molecule has 0 saturated heterocycles. The monoisotopic (exact) mass is 594 g/mol. The van der Waals surface area contributed by atoms with E-state index >= 15 is 0 Å². The van der Waals surface area contributed by atoms with Crippen molar-refractivity contribution >= 4 is 60.8 Å². The Labute approximate surface area is 229 Å². The zero-order valence-corrected chi connectivity index (χ0v) is 23.4. The number of fused-ring (bicyclic) bond motifs is 5. The fourth-order valence-electron chi connectivity index (χ4n) is 4.62. The minimum absolute atomic E-state index is 0.000485. The molecule has 188 valence electrons. The molecule has 0 amide bonds. The largest absolute Gasteiger partial charge is 0.372 e. The summed E-state index contributed by atoms with van der Waals surface area (Å²) in [5.41, 5.74) is 2.31. The van der Waals surface area contributed by atoms with Gasteiger partial charge in [0.15, 0.2) is 10.9 Å². The summed E-state index contributed by atoms with van der Waals surface area (Å²) in [7, 11) is 0. The van der Waals surface area contributed by atoms with Crippen molar-refractivity contribution in [2.75, 3.05) is 5.75 Å². The van der Waals surface area contributed by atoms with Gasteiger partial charge in [-0.3, -0.25) is 9.59 Å². The molecule has 0 aliphatic carbocycles. The predicted octanol–water partition coefficient (Wildman–Crippen LogP) is 5.93. The normalized spacial score (nSPS) is 15.5. The van der Waals surface area contributed by atoms with Crippen LogP contribution >= 0.6 is 39.0 Å². The van der Waals surface area contributed by atoms with Crippen molar-refractivity contribution < 1.29 is 9.53 Å². The second-order valence-electron chi connectivity index (χ2n) is 9.29. The molecule has 0 unspecified atom stereocenters. The number of benzene rings is 2. The van der Waals surface area contributed by atoms with Crippen LogP contribution in [0.15, 0.2) is 69.0 Å². The van der Waals surface area contributed by atoms with Crippen molar-refractivity contribution in [2.45, 2.75) is 38.1 Å². The van der Waals surface area contributed by atoms with E-state index in [0.717, 1.165) is 25.4 Å². The molecule has 0 fully saturated rings. The number of hydrogen-bond donors (Lipinski definition) is 0. The van der Waals surface area contributed by atoms with Crippen LogP contribution in [0.25, 0.3) is 21.7 Å². The molecular formula is C27H23BrN4O3S2. The van der Waals surface area contributed by atoms with Crippen LogP contribution in [0.5, 0.6) is 0 Å². The highest BCUT2D eigenvalue weighted by Gasteiger charge is 2.30. The Bertz CT molecular complexity index is 1690. The maximum atomic E-state index is 14.0. The molecule has 0 spiro atoms. The number of thioether (sulfide) groups is 1. The molecule has 4 heterocycles. The second kappa shape index (κ2) is 9.83. The molecule has 1 aliphatic rings. The molecule has 0 bridgehead atoms. The number of carbonyl (C=O) groups excluding carboxylic acids is 1. The highest BCUT2D eigenvalue weighted by atomic mass is 79.9. The Morgan fingerprint density at radius 2 is 1.92 bits per heavy atom. The average Bonchev–Trinajstić information content (AvgIpc) is 3.49. The molecular weight excluding hydrogens is 572 g/mol. The molecule has 0 N–H and O–H groups in total. The molecule has 1 aliphatic heterocycles. The Morgan fingerprint density at radius 3 is 2.65 bits per heavy atom. The van der Waals surface area contributed by atoms with E-state index in [1.165, 1.54) is 11.8 Å². The molecule has 0 saturated carbocycles. The van der Waals surface area contributed by atoms with Crippen LogP contribution in [-0.4, -0.2) is 36.8 Å². The zero-order chi connectivity index (χ0) is 25.7. The number of ether oxygens (including phenoxy) is 1. The number of hydrogen-bond acceptors (Lipinski definition) is 7. The maximum absolute atomic E-state index is 14.0. The lowest BCUT2D eigenvalue weighted by atomic mass is 9.96. The van der Waals surface area contributed by atoms with Crippen molar-refractivity contribution in [3.63, 3.8) is 0 Å². The average molecular weight is 596 g/mol. The van der Waals surface area contributed by atoms with Crippen LogP contribution in [0.2, 0.25) is 0 Å². The van der Waals surface area contributed by atoms with E-state index in [0.29, 0.717) is 40.8 Å². The van der Waals surface area contributed by atoms with Gasteiger partial charge in [0.2, 0.25) is 5.78 Å². The first-order valence-electron chi connectivity index (χ1n) is 12.0.